The fraction of sp³-hybridized carbons (Fsp3) is 0.0882. The van der Waals surface area contributed by atoms with Crippen LogP contribution in [0.5, 0.6) is 0 Å². The largest absolute Gasteiger partial charge is 0.298 e. The molecule has 0 saturated carbocycles. The zero-order valence-corrected chi connectivity index (χ0v) is 19.8. The quantitative estimate of drug-likeness (QED) is 0.191. The van der Waals surface area contributed by atoms with Gasteiger partial charge < -0.3 is 0 Å². The summed E-state index contributed by atoms with van der Waals surface area (Å²) in [5.41, 5.74) is 8.45. The second kappa shape index (κ2) is 7.13. The van der Waals surface area contributed by atoms with E-state index in [1.807, 2.05) is 12.1 Å². The summed E-state index contributed by atoms with van der Waals surface area (Å²) in [6, 6.07) is 36.8. The summed E-state index contributed by atoms with van der Waals surface area (Å²) in [7, 11) is 0. The van der Waals surface area contributed by atoms with Gasteiger partial charge in [0.05, 0.1) is 0 Å². The lowest BCUT2D eigenvalue weighted by Gasteiger charge is -2.23. The molecule has 35 heavy (non-hydrogen) atoms. The Bertz CT molecular complexity index is 1780. The normalized spacial score (nSPS) is 13.8. The molecule has 6 aromatic carbocycles. The van der Waals surface area contributed by atoms with E-state index in [-0.39, 0.29) is 5.41 Å². The summed E-state index contributed by atoms with van der Waals surface area (Å²) >= 11 is 0. The summed E-state index contributed by atoms with van der Waals surface area (Å²) in [4.78, 5) is 12.1. The van der Waals surface area contributed by atoms with E-state index in [2.05, 4.69) is 105 Å². The fourth-order valence-corrected chi connectivity index (χ4v) is 6.18. The lowest BCUT2D eigenvalue weighted by molar-refractivity contribution is 0.112. The van der Waals surface area contributed by atoms with E-state index >= 15 is 0 Å². The molecule has 1 aliphatic rings. The minimum atomic E-state index is -0.0982. The second-order valence-electron chi connectivity index (χ2n) is 10.1. The zero-order chi connectivity index (χ0) is 23.7. The van der Waals surface area contributed by atoms with Gasteiger partial charge in [0.1, 0.15) is 0 Å². The van der Waals surface area contributed by atoms with Crippen molar-refractivity contribution in [3.8, 4) is 22.3 Å². The second-order valence-corrected chi connectivity index (χ2v) is 10.1. The van der Waals surface area contributed by atoms with Crippen molar-refractivity contribution in [3.63, 3.8) is 0 Å². The van der Waals surface area contributed by atoms with Crippen LogP contribution in [0.25, 0.3) is 54.6 Å². The van der Waals surface area contributed by atoms with Gasteiger partial charge in [-0.15, -0.1) is 0 Å². The van der Waals surface area contributed by atoms with Gasteiger partial charge in [0.15, 0.2) is 6.29 Å². The molecule has 0 fully saturated rings. The lowest BCUT2D eigenvalue weighted by Crippen LogP contribution is -2.15. The van der Waals surface area contributed by atoms with E-state index in [0.717, 1.165) is 33.4 Å². The number of hydrogen-bond donors (Lipinski definition) is 0. The maximum atomic E-state index is 12.1. The highest BCUT2D eigenvalue weighted by Crippen LogP contribution is 2.51. The van der Waals surface area contributed by atoms with Gasteiger partial charge in [-0.2, -0.15) is 0 Å². The molecule has 0 saturated heterocycles. The summed E-state index contributed by atoms with van der Waals surface area (Å²) in [6.07, 6.45) is 1.00. The number of rotatable bonds is 2. The zero-order valence-electron chi connectivity index (χ0n) is 19.8. The Kier molecular flexibility index (Phi) is 4.11. The van der Waals surface area contributed by atoms with Crippen LogP contribution in [-0.2, 0) is 5.41 Å². The van der Waals surface area contributed by atoms with Crippen molar-refractivity contribution in [1.29, 1.82) is 0 Å². The molecule has 0 spiro atoms. The van der Waals surface area contributed by atoms with Crippen LogP contribution in [0.15, 0.2) is 103 Å². The molecule has 0 aromatic heterocycles. The first-order valence-corrected chi connectivity index (χ1v) is 12.1. The highest BCUT2D eigenvalue weighted by atomic mass is 16.1. The van der Waals surface area contributed by atoms with Crippen molar-refractivity contribution >= 4 is 38.6 Å². The Morgan fingerprint density at radius 2 is 1.11 bits per heavy atom. The summed E-state index contributed by atoms with van der Waals surface area (Å²) in [5.74, 6) is 0. The molecule has 0 amide bonds. The van der Waals surface area contributed by atoms with Gasteiger partial charge in [0.25, 0.3) is 0 Å². The number of carbonyl (C=O) groups excluding carboxylic acids is 1. The summed E-state index contributed by atoms with van der Waals surface area (Å²) in [6.45, 7) is 4.67. The Morgan fingerprint density at radius 1 is 0.571 bits per heavy atom. The molecular formula is C34H24O. The molecule has 0 atom stereocenters. The van der Waals surface area contributed by atoms with Crippen LogP contribution >= 0.6 is 0 Å². The smallest absolute Gasteiger partial charge is 0.151 e. The van der Waals surface area contributed by atoms with Crippen LogP contribution in [0.1, 0.15) is 35.3 Å². The molecule has 0 N–H and O–H groups in total. The van der Waals surface area contributed by atoms with Gasteiger partial charge in [-0.05, 0) is 83.9 Å². The molecule has 1 heteroatoms. The number of carbonyl (C=O) groups is 1. The standard InChI is InChI=1S/C34H24O/c1-34(2)31-19-23(15-16-26(31)29-17-21-9-3-4-10-22(21)18-32(29)34)33-27-13-7-5-11-24(27)30(20-35)25-12-6-8-14-28(25)33/h3-20H,1-2H3. The van der Waals surface area contributed by atoms with Crippen molar-refractivity contribution in [2.45, 2.75) is 19.3 Å². The first kappa shape index (κ1) is 20.2. The third-order valence-electron chi connectivity index (χ3n) is 7.92. The van der Waals surface area contributed by atoms with Crippen molar-refractivity contribution < 1.29 is 4.79 Å². The number of benzene rings is 6. The Balaban J connectivity index is 1.54. The molecule has 1 nitrogen and oxygen atoms in total. The molecule has 0 bridgehead atoms. The average molecular weight is 449 g/mol. The number of hydrogen-bond acceptors (Lipinski definition) is 1. The molecule has 0 aliphatic heterocycles. The third kappa shape index (κ3) is 2.73. The van der Waals surface area contributed by atoms with E-state index in [1.54, 1.807) is 0 Å². The fourth-order valence-electron chi connectivity index (χ4n) is 6.18. The Labute approximate surface area is 204 Å². The molecule has 166 valence electrons. The van der Waals surface area contributed by atoms with E-state index in [1.165, 1.54) is 44.2 Å². The minimum Gasteiger partial charge on any atom is -0.298 e. The molecule has 0 heterocycles. The van der Waals surface area contributed by atoms with Gasteiger partial charge in [-0.3, -0.25) is 4.79 Å². The van der Waals surface area contributed by atoms with E-state index in [4.69, 9.17) is 0 Å². The van der Waals surface area contributed by atoms with Gasteiger partial charge >= 0.3 is 0 Å². The van der Waals surface area contributed by atoms with Crippen molar-refractivity contribution in [1.82, 2.24) is 0 Å². The highest BCUT2D eigenvalue weighted by Gasteiger charge is 2.36. The molecule has 1 aliphatic carbocycles. The predicted octanol–water partition coefficient (Wildman–Crippen LogP) is 8.93. The van der Waals surface area contributed by atoms with Crippen LogP contribution in [0.4, 0.5) is 0 Å². The Hall–Kier alpha value is -4.23. The van der Waals surface area contributed by atoms with Gasteiger partial charge in [0, 0.05) is 11.0 Å². The average Bonchev–Trinajstić information content (AvgIpc) is 3.11. The van der Waals surface area contributed by atoms with Crippen LogP contribution in [-0.4, -0.2) is 6.29 Å². The van der Waals surface area contributed by atoms with Crippen LogP contribution in [0.3, 0.4) is 0 Å². The predicted molar refractivity (Wildman–Crippen MR) is 147 cm³/mol. The topological polar surface area (TPSA) is 17.1 Å². The van der Waals surface area contributed by atoms with Crippen molar-refractivity contribution in [2.75, 3.05) is 0 Å². The lowest BCUT2D eigenvalue weighted by atomic mass is 9.80. The summed E-state index contributed by atoms with van der Waals surface area (Å²) in [5, 5.41) is 6.81. The number of aldehydes is 1. The number of fused-ring (bicyclic) bond motifs is 6. The molecular weight excluding hydrogens is 424 g/mol. The SMILES string of the molecule is CC1(C)c2cc(-c3c4ccccc4c(C=O)c4ccccc34)ccc2-c2cc3ccccc3cc21. The molecule has 6 aromatic rings. The first-order chi connectivity index (χ1) is 17.1. The van der Waals surface area contributed by atoms with E-state index in [9.17, 15) is 4.79 Å². The van der Waals surface area contributed by atoms with Crippen LogP contribution < -0.4 is 0 Å². The first-order valence-electron chi connectivity index (χ1n) is 12.1. The van der Waals surface area contributed by atoms with Gasteiger partial charge in [-0.1, -0.05) is 98.8 Å². The maximum absolute atomic E-state index is 12.1. The summed E-state index contributed by atoms with van der Waals surface area (Å²) < 4.78 is 0. The van der Waals surface area contributed by atoms with Crippen molar-refractivity contribution in [3.05, 3.63) is 120 Å². The minimum absolute atomic E-state index is 0.0982. The van der Waals surface area contributed by atoms with Crippen molar-refractivity contribution in [2.24, 2.45) is 0 Å². The van der Waals surface area contributed by atoms with Gasteiger partial charge in [-0.25, -0.2) is 0 Å². The monoisotopic (exact) mass is 448 g/mol. The molecule has 0 radical (unpaired) electrons. The molecule has 7 rings (SSSR count). The van der Waals surface area contributed by atoms with Crippen LogP contribution in [0.2, 0.25) is 0 Å². The van der Waals surface area contributed by atoms with E-state index in [0.29, 0.717) is 0 Å². The van der Waals surface area contributed by atoms with E-state index < -0.39 is 0 Å². The molecule has 0 unspecified atom stereocenters. The highest BCUT2D eigenvalue weighted by molar-refractivity contribution is 6.20. The third-order valence-corrected chi connectivity index (χ3v) is 7.92. The maximum Gasteiger partial charge on any atom is 0.151 e. The Morgan fingerprint density at radius 3 is 1.74 bits per heavy atom. The van der Waals surface area contributed by atoms with Gasteiger partial charge in [0.2, 0.25) is 0 Å². The van der Waals surface area contributed by atoms with Crippen LogP contribution in [0, 0.1) is 0 Å².